The van der Waals surface area contributed by atoms with Crippen molar-refractivity contribution in [2.24, 2.45) is 0 Å². The summed E-state index contributed by atoms with van der Waals surface area (Å²) in [5, 5.41) is 19.3. The highest BCUT2D eigenvalue weighted by Gasteiger charge is 2.25. The van der Waals surface area contributed by atoms with E-state index in [1.54, 1.807) is 0 Å². The number of hydrogen-bond donors (Lipinski definition) is 0. The summed E-state index contributed by atoms with van der Waals surface area (Å²) < 4.78 is 17.1. The van der Waals surface area contributed by atoms with E-state index in [1.165, 1.54) is 127 Å². The van der Waals surface area contributed by atoms with Crippen LogP contribution in [-0.4, -0.2) is 39.0 Å². The highest BCUT2D eigenvalue weighted by Crippen LogP contribution is 2.48. The maximum Gasteiger partial charge on any atom is 0.167 e. The Morgan fingerprint density at radius 2 is 0.538 bits per heavy atom. The number of nitrogens with zero attached hydrogens (tertiary/aromatic N) is 8. The van der Waals surface area contributed by atoms with Gasteiger partial charge in [0.05, 0.1) is 33.3 Å². The first-order chi connectivity index (χ1) is 59.0. The second-order valence-electron chi connectivity index (χ2n) is 30.3. The topological polar surface area (TPSA) is 100 Å². The van der Waals surface area contributed by atoms with Crippen molar-refractivity contribution in [2.75, 3.05) is 0 Å². The van der Waals surface area contributed by atoms with Crippen LogP contribution in [0.1, 0.15) is 0 Å². The van der Waals surface area contributed by atoms with E-state index < -0.39 is 0 Å². The van der Waals surface area contributed by atoms with Crippen molar-refractivity contribution in [3.05, 3.63) is 388 Å². The van der Waals surface area contributed by atoms with Gasteiger partial charge in [0.15, 0.2) is 40.5 Å². The summed E-state index contributed by atoms with van der Waals surface area (Å²) in [4.78, 5) is 30.1. The maximum absolute atomic E-state index is 7.03. The molecule has 9 nitrogen and oxygen atoms in total. The number of thiophene rings is 2. The van der Waals surface area contributed by atoms with Crippen molar-refractivity contribution in [2.45, 2.75) is 0 Å². The molecule has 25 aromatic rings. The quantitative estimate of drug-likeness (QED) is 0.126. The molecule has 0 radical (unpaired) electrons. The molecule has 119 heavy (non-hydrogen) atoms. The van der Waals surface area contributed by atoms with Crippen LogP contribution in [0.4, 0.5) is 0 Å². The predicted molar refractivity (Wildman–Crippen MR) is 497 cm³/mol. The molecular weight excluding hydrogens is 1490 g/mol. The Hall–Kier alpha value is -15.4. The normalized spacial score (nSPS) is 11.9. The molecule has 554 valence electrons. The average molecular weight is 1550 g/mol. The fourth-order valence-corrected chi connectivity index (χ4v) is 20.5. The monoisotopic (exact) mass is 1550 g/mol. The number of para-hydroxylation sites is 4. The Morgan fingerprint density at radius 3 is 1.05 bits per heavy atom. The fourth-order valence-electron chi connectivity index (χ4n) is 18.0. The van der Waals surface area contributed by atoms with Gasteiger partial charge < -0.3 is 13.6 Å². The number of aromatic nitrogens is 8. The molecule has 0 unspecified atom stereocenters. The summed E-state index contributed by atoms with van der Waals surface area (Å²) in [5.74, 6) is 3.74. The molecule has 0 atom stereocenters. The highest BCUT2D eigenvalue weighted by molar-refractivity contribution is 7.26. The van der Waals surface area contributed by atoms with E-state index in [1.807, 2.05) is 150 Å². The van der Waals surface area contributed by atoms with Crippen molar-refractivity contribution in [3.63, 3.8) is 0 Å². The number of furan rings is 1. The van der Waals surface area contributed by atoms with Gasteiger partial charge in [-0.1, -0.05) is 309 Å². The van der Waals surface area contributed by atoms with Crippen LogP contribution in [0.3, 0.4) is 0 Å². The van der Waals surface area contributed by atoms with E-state index in [0.29, 0.717) is 34.9 Å². The predicted octanol–water partition coefficient (Wildman–Crippen LogP) is 29.4. The van der Waals surface area contributed by atoms with Crippen LogP contribution in [0.15, 0.2) is 393 Å². The van der Waals surface area contributed by atoms with Crippen LogP contribution < -0.4 is 0 Å². The summed E-state index contributed by atoms with van der Waals surface area (Å²) >= 11 is 3.75. The van der Waals surface area contributed by atoms with Crippen LogP contribution >= 0.6 is 22.7 Å². The molecule has 0 N–H and O–H groups in total. The Morgan fingerprint density at radius 1 is 0.193 bits per heavy atom. The number of hydrogen-bond acceptors (Lipinski definition) is 9. The van der Waals surface area contributed by atoms with Crippen molar-refractivity contribution < 1.29 is 4.42 Å². The third-order valence-electron chi connectivity index (χ3n) is 23.5. The molecule has 0 bridgehead atoms. The second kappa shape index (κ2) is 27.7. The molecule has 25 rings (SSSR count). The first-order valence-electron chi connectivity index (χ1n) is 40.0. The van der Waals surface area contributed by atoms with Gasteiger partial charge in [0.2, 0.25) is 0 Å². The van der Waals surface area contributed by atoms with Gasteiger partial charge in [-0.3, -0.25) is 0 Å². The first-order valence-corrected chi connectivity index (χ1v) is 41.6. The third kappa shape index (κ3) is 11.3. The molecule has 7 heterocycles. The van der Waals surface area contributed by atoms with Crippen molar-refractivity contribution >= 4 is 161 Å². The van der Waals surface area contributed by atoms with E-state index >= 15 is 0 Å². The number of benzene rings is 18. The molecule has 18 aromatic carbocycles. The standard InChI is InChI=1S/C57H34N4S.C51H30N4OS/c1-3-14-35(15-4-1)55-58-56(36-16-5-2-6-17-36)60-57(59-55)38-26-29-43-44-30-28-39(34-49(44)42-19-8-7-18-41(42)48(43)33-38)61-51-24-11-9-20-45(51)50-32-37(27-31-52(50)61)40-22-13-23-47-46-21-10-12-25-53(46)62-54(40)47;1-3-14-31(15-4-1)49-52-50(32-16-5-2-6-17-32)54-51(53-49)40-24-12-21-37-38-22-13-26-44(47(38)56-46(37)40)55-42-25-9-7-18-35(42)41-30-33(28-29-43(41)55)34-20-11-23-39-36-19-8-10-27-45(36)57-48(34)39/h1-34H;1-30H. The number of rotatable bonds is 10. The van der Waals surface area contributed by atoms with Gasteiger partial charge in [-0.25, -0.2) is 29.9 Å². The summed E-state index contributed by atoms with van der Waals surface area (Å²) in [6.45, 7) is 0. The molecule has 0 amide bonds. The van der Waals surface area contributed by atoms with E-state index in [0.717, 1.165) is 77.7 Å². The lowest BCUT2D eigenvalue weighted by molar-refractivity contribution is 0.667. The molecule has 0 aliphatic rings. The summed E-state index contributed by atoms with van der Waals surface area (Å²) in [7, 11) is 0. The SMILES string of the molecule is c1ccc(-c2nc(-c3ccccc3)nc(-c3ccc4c5ccc(-n6c7ccccc7c7cc(-c8cccc9c8sc8ccccc89)ccc76)cc5c5ccccc5c4c3)n2)cc1.c1ccc(-c2nc(-c3ccccc3)nc(-c3cccc4c3oc3c(-n5c6ccccc6c6cc(-c7cccc8c7sc7ccccc78)ccc65)cccc34)n2)cc1. The van der Waals surface area contributed by atoms with Crippen LogP contribution in [0.25, 0.3) is 240 Å². The van der Waals surface area contributed by atoms with E-state index in [-0.39, 0.29) is 0 Å². The zero-order chi connectivity index (χ0) is 78.2. The van der Waals surface area contributed by atoms with Gasteiger partial charge in [-0.2, -0.15) is 0 Å². The molecule has 7 aromatic heterocycles. The summed E-state index contributed by atoms with van der Waals surface area (Å²) in [6.07, 6.45) is 0. The van der Waals surface area contributed by atoms with E-state index in [4.69, 9.17) is 34.3 Å². The van der Waals surface area contributed by atoms with Crippen LogP contribution in [0, 0.1) is 0 Å². The lowest BCUT2D eigenvalue weighted by Crippen LogP contribution is -2.00. The van der Waals surface area contributed by atoms with Crippen molar-refractivity contribution in [1.82, 2.24) is 39.0 Å². The Bertz CT molecular complexity index is 8300. The molecule has 0 aliphatic carbocycles. The zero-order valence-corrected chi connectivity index (χ0v) is 65.4. The minimum atomic E-state index is 0.562. The van der Waals surface area contributed by atoms with Crippen LogP contribution in [0.5, 0.6) is 0 Å². The Balaban J connectivity index is 0.000000136. The fraction of sp³-hybridized carbons (Fsp3) is 0. The minimum absolute atomic E-state index is 0.562. The van der Waals surface area contributed by atoms with E-state index in [2.05, 4.69) is 270 Å². The lowest BCUT2D eigenvalue weighted by Gasteiger charge is -2.15. The second-order valence-corrected chi connectivity index (χ2v) is 32.4. The zero-order valence-electron chi connectivity index (χ0n) is 63.8. The average Bonchev–Trinajstić information content (AvgIpc) is 1.72. The molecular formula is C108H64N8OS2. The van der Waals surface area contributed by atoms with Gasteiger partial charge in [0.1, 0.15) is 5.58 Å². The van der Waals surface area contributed by atoms with Gasteiger partial charge in [-0.15, -0.1) is 22.7 Å². The number of fused-ring (bicyclic) bond motifs is 21. The van der Waals surface area contributed by atoms with Gasteiger partial charge >= 0.3 is 0 Å². The largest absolute Gasteiger partial charge is 0.453 e. The minimum Gasteiger partial charge on any atom is -0.453 e. The van der Waals surface area contributed by atoms with Crippen LogP contribution in [0.2, 0.25) is 0 Å². The van der Waals surface area contributed by atoms with E-state index in [9.17, 15) is 0 Å². The molecule has 0 aliphatic heterocycles. The summed E-state index contributed by atoms with van der Waals surface area (Å²) in [5.41, 5.74) is 18.8. The van der Waals surface area contributed by atoms with Gasteiger partial charge in [0.25, 0.3) is 0 Å². The Kier molecular flexibility index (Phi) is 15.8. The molecule has 11 heteroatoms. The van der Waals surface area contributed by atoms with Crippen molar-refractivity contribution in [3.8, 4) is 102 Å². The Labute approximate surface area is 689 Å². The van der Waals surface area contributed by atoms with Gasteiger partial charge in [-0.05, 0) is 133 Å². The summed E-state index contributed by atoms with van der Waals surface area (Å²) in [6, 6.07) is 138. The molecule has 0 fully saturated rings. The maximum atomic E-state index is 7.03. The smallest absolute Gasteiger partial charge is 0.167 e. The van der Waals surface area contributed by atoms with Crippen molar-refractivity contribution in [1.29, 1.82) is 0 Å². The van der Waals surface area contributed by atoms with Crippen LogP contribution in [-0.2, 0) is 0 Å². The lowest BCUT2D eigenvalue weighted by atomic mass is 9.93. The van der Waals surface area contributed by atoms with Gasteiger partial charge in [0, 0.05) is 106 Å². The molecule has 0 spiro atoms. The first kappa shape index (κ1) is 68.0. The third-order valence-corrected chi connectivity index (χ3v) is 25.9. The molecule has 0 saturated heterocycles. The molecule has 0 saturated carbocycles. The highest BCUT2D eigenvalue weighted by atomic mass is 32.1.